The SMILES string of the molecule is C=C1CC=Cc2c1ccc1sc(C/C=C/C)cc21. The number of hydrogen-bond donors (Lipinski definition) is 0. The Bertz CT molecular complexity index is 668. The number of allylic oxidation sites excluding steroid dienone is 4. The summed E-state index contributed by atoms with van der Waals surface area (Å²) in [6.07, 6.45) is 10.8. The molecule has 90 valence electrons. The Labute approximate surface area is 112 Å². The number of rotatable bonds is 2. The zero-order valence-corrected chi connectivity index (χ0v) is 11.4. The Morgan fingerprint density at radius 3 is 3.11 bits per heavy atom. The molecule has 0 spiro atoms. The van der Waals surface area contributed by atoms with Crippen molar-refractivity contribution in [3.8, 4) is 0 Å². The number of hydrogen-bond acceptors (Lipinski definition) is 1. The average Bonchev–Trinajstić information content (AvgIpc) is 2.80. The Kier molecular flexibility index (Phi) is 2.92. The van der Waals surface area contributed by atoms with E-state index in [1.54, 1.807) is 0 Å². The molecule has 0 saturated heterocycles. The largest absolute Gasteiger partial charge is 0.140 e. The van der Waals surface area contributed by atoms with E-state index >= 15 is 0 Å². The van der Waals surface area contributed by atoms with Crippen LogP contribution in [0.15, 0.2) is 43.0 Å². The van der Waals surface area contributed by atoms with Crippen molar-refractivity contribution in [3.05, 3.63) is 59.0 Å². The third-order valence-electron chi connectivity index (χ3n) is 3.38. The summed E-state index contributed by atoms with van der Waals surface area (Å²) < 4.78 is 1.38. The number of benzene rings is 1. The predicted octanol–water partition coefficient (Wildman–Crippen LogP) is 5.45. The van der Waals surface area contributed by atoms with Crippen molar-refractivity contribution < 1.29 is 0 Å². The highest BCUT2D eigenvalue weighted by molar-refractivity contribution is 7.19. The van der Waals surface area contributed by atoms with Gasteiger partial charge in [-0.1, -0.05) is 36.9 Å². The minimum absolute atomic E-state index is 0.980. The summed E-state index contributed by atoms with van der Waals surface area (Å²) in [5.41, 5.74) is 3.91. The topological polar surface area (TPSA) is 0 Å². The third-order valence-corrected chi connectivity index (χ3v) is 4.50. The first-order chi connectivity index (χ1) is 8.79. The second-order valence-electron chi connectivity index (χ2n) is 4.63. The molecule has 1 heteroatoms. The minimum Gasteiger partial charge on any atom is -0.140 e. The lowest BCUT2D eigenvalue weighted by Crippen LogP contribution is -1.91. The second-order valence-corrected chi connectivity index (χ2v) is 5.80. The second kappa shape index (κ2) is 4.58. The maximum atomic E-state index is 4.16. The predicted molar refractivity (Wildman–Crippen MR) is 83.0 cm³/mol. The maximum Gasteiger partial charge on any atom is 0.0352 e. The van der Waals surface area contributed by atoms with Crippen LogP contribution in [-0.2, 0) is 6.42 Å². The summed E-state index contributed by atoms with van der Waals surface area (Å²) in [7, 11) is 0. The monoisotopic (exact) mass is 252 g/mol. The summed E-state index contributed by atoms with van der Waals surface area (Å²) in [6, 6.07) is 6.80. The molecular formula is C17H16S. The summed E-state index contributed by atoms with van der Waals surface area (Å²) in [5, 5.41) is 1.38. The van der Waals surface area contributed by atoms with Crippen LogP contribution in [-0.4, -0.2) is 0 Å². The van der Waals surface area contributed by atoms with Crippen molar-refractivity contribution in [1.82, 2.24) is 0 Å². The first-order valence-electron chi connectivity index (χ1n) is 6.31. The fourth-order valence-corrected chi connectivity index (χ4v) is 3.49. The molecule has 1 aromatic heterocycles. The van der Waals surface area contributed by atoms with Gasteiger partial charge in [0.05, 0.1) is 0 Å². The lowest BCUT2D eigenvalue weighted by Gasteiger charge is -2.13. The van der Waals surface area contributed by atoms with Gasteiger partial charge in [0.25, 0.3) is 0 Å². The molecule has 18 heavy (non-hydrogen) atoms. The van der Waals surface area contributed by atoms with Gasteiger partial charge < -0.3 is 0 Å². The normalized spacial score (nSPS) is 14.6. The summed E-state index contributed by atoms with van der Waals surface area (Å²) in [6.45, 7) is 6.23. The fourth-order valence-electron chi connectivity index (χ4n) is 2.44. The Hall–Kier alpha value is -1.60. The molecule has 0 saturated carbocycles. The average molecular weight is 252 g/mol. The zero-order valence-electron chi connectivity index (χ0n) is 10.6. The Morgan fingerprint density at radius 2 is 2.28 bits per heavy atom. The molecule has 1 aliphatic carbocycles. The molecule has 0 bridgehead atoms. The molecule has 0 nitrogen and oxygen atoms in total. The van der Waals surface area contributed by atoms with Crippen LogP contribution in [0.1, 0.15) is 29.3 Å². The van der Waals surface area contributed by atoms with E-state index in [1.165, 1.54) is 31.7 Å². The highest BCUT2D eigenvalue weighted by Gasteiger charge is 2.13. The third kappa shape index (κ3) is 1.85. The van der Waals surface area contributed by atoms with E-state index in [0.29, 0.717) is 0 Å². The quantitative estimate of drug-likeness (QED) is 0.623. The van der Waals surface area contributed by atoms with Crippen molar-refractivity contribution in [2.45, 2.75) is 19.8 Å². The maximum absolute atomic E-state index is 4.16. The van der Waals surface area contributed by atoms with Crippen LogP contribution in [0, 0.1) is 0 Å². The highest BCUT2D eigenvalue weighted by Crippen LogP contribution is 2.36. The number of thiophene rings is 1. The zero-order chi connectivity index (χ0) is 12.5. The highest BCUT2D eigenvalue weighted by atomic mass is 32.1. The van der Waals surface area contributed by atoms with Crippen molar-refractivity contribution in [2.75, 3.05) is 0 Å². The van der Waals surface area contributed by atoms with Gasteiger partial charge in [0.2, 0.25) is 0 Å². The van der Waals surface area contributed by atoms with E-state index in [9.17, 15) is 0 Å². The van der Waals surface area contributed by atoms with E-state index < -0.39 is 0 Å². The molecule has 0 N–H and O–H groups in total. The first kappa shape index (κ1) is 11.5. The van der Waals surface area contributed by atoms with Crippen molar-refractivity contribution in [3.63, 3.8) is 0 Å². The first-order valence-corrected chi connectivity index (χ1v) is 7.12. The standard InChI is InChI=1S/C17H16S/c1-3-4-7-13-11-16-15-8-5-6-12(2)14(15)9-10-17(16)18-13/h3-5,8-11H,2,6-7H2,1H3/b4-3+. The van der Waals surface area contributed by atoms with Crippen LogP contribution in [0.5, 0.6) is 0 Å². The van der Waals surface area contributed by atoms with Gasteiger partial charge in [0, 0.05) is 15.0 Å². The molecule has 0 aliphatic heterocycles. The van der Waals surface area contributed by atoms with E-state index in [0.717, 1.165) is 12.8 Å². The van der Waals surface area contributed by atoms with E-state index in [4.69, 9.17) is 0 Å². The molecule has 3 rings (SSSR count). The molecular weight excluding hydrogens is 236 g/mol. The van der Waals surface area contributed by atoms with Gasteiger partial charge >= 0.3 is 0 Å². The molecule has 0 amide bonds. The van der Waals surface area contributed by atoms with Crippen LogP contribution in [0.25, 0.3) is 21.7 Å². The lowest BCUT2D eigenvalue weighted by atomic mass is 9.91. The van der Waals surface area contributed by atoms with E-state index in [1.807, 2.05) is 11.3 Å². The van der Waals surface area contributed by atoms with Gasteiger partial charge in [-0.3, -0.25) is 0 Å². The van der Waals surface area contributed by atoms with Crippen LogP contribution in [0.3, 0.4) is 0 Å². The van der Waals surface area contributed by atoms with Gasteiger partial charge in [-0.2, -0.15) is 0 Å². The molecule has 0 unspecified atom stereocenters. The van der Waals surface area contributed by atoms with E-state index in [2.05, 4.69) is 56.0 Å². The molecule has 2 aromatic rings. The molecule has 0 fully saturated rings. The van der Waals surface area contributed by atoms with Crippen LogP contribution in [0.4, 0.5) is 0 Å². The minimum atomic E-state index is 0.980. The Morgan fingerprint density at radius 1 is 1.39 bits per heavy atom. The van der Waals surface area contributed by atoms with E-state index in [-0.39, 0.29) is 0 Å². The van der Waals surface area contributed by atoms with Gasteiger partial charge in [-0.15, -0.1) is 11.3 Å². The molecule has 1 aliphatic rings. The van der Waals surface area contributed by atoms with Crippen LogP contribution in [0.2, 0.25) is 0 Å². The number of fused-ring (bicyclic) bond motifs is 3. The molecule has 1 aromatic carbocycles. The summed E-state index contributed by atoms with van der Waals surface area (Å²) in [4.78, 5) is 1.43. The summed E-state index contributed by atoms with van der Waals surface area (Å²) in [5.74, 6) is 0. The molecule has 0 radical (unpaired) electrons. The van der Waals surface area contributed by atoms with Gasteiger partial charge in [-0.25, -0.2) is 0 Å². The van der Waals surface area contributed by atoms with Crippen molar-refractivity contribution in [2.24, 2.45) is 0 Å². The smallest absolute Gasteiger partial charge is 0.0352 e. The summed E-state index contributed by atoms with van der Waals surface area (Å²) >= 11 is 1.90. The van der Waals surface area contributed by atoms with Crippen LogP contribution < -0.4 is 0 Å². The molecule has 1 heterocycles. The lowest BCUT2D eigenvalue weighted by molar-refractivity contribution is 1.33. The van der Waals surface area contributed by atoms with Gasteiger partial charge in [0.1, 0.15) is 0 Å². The van der Waals surface area contributed by atoms with Crippen LogP contribution >= 0.6 is 11.3 Å². The fraction of sp³-hybridized carbons (Fsp3) is 0.176. The van der Waals surface area contributed by atoms with Crippen molar-refractivity contribution in [1.29, 1.82) is 0 Å². The van der Waals surface area contributed by atoms with Gasteiger partial charge in [0.15, 0.2) is 0 Å². The molecule has 0 atom stereocenters. The van der Waals surface area contributed by atoms with Gasteiger partial charge in [-0.05, 0) is 48.6 Å². The Balaban J connectivity index is 2.17. The van der Waals surface area contributed by atoms with Crippen molar-refractivity contribution >= 4 is 33.1 Å².